The van der Waals surface area contributed by atoms with Gasteiger partial charge in [0.25, 0.3) is 0 Å². The molecule has 3 N–H and O–H groups in total. The SMILES string of the molecule is O=C(O)CC(CCc1cn(CC(=O)Nc2ccccc2)c2ccccc12)OCC1CCNCC1. The number of aliphatic carboxylic acids is 1. The van der Waals surface area contributed by atoms with Crippen LogP contribution >= 0.6 is 0 Å². The lowest BCUT2D eigenvalue weighted by Crippen LogP contribution is -2.31. The quantitative estimate of drug-likeness (QED) is 0.399. The highest BCUT2D eigenvalue weighted by atomic mass is 16.5. The third kappa shape index (κ3) is 6.68. The summed E-state index contributed by atoms with van der Waals surface area (Å²) >= 11 is 0. The molecule has 1 aliphatic heterocycles. The van der Waals surface area contributed by atoms with Gasteiger partial charge in [-0.1, -0.05) is 36.4 Å². The maximum absolute atomic E-state index is 12.6. The predicted octanol–water partition coefficient (Wildman–Crippen LogP) is 4.07. The van der Waals surface area contributed by atoms with Gasteiger partial charge in [-0.05, 0) is 68.5 Å². The van der Waals surface area contributed by atoms with E-state index in [1.54, 1.807) is 0 Å². The van der Waals surface area contributed by atoms with Crippen molar-refractivity contribution in [2.24, 2.45) is 5.92 Å². The molecular weight excluding hydrogens is 430 g/mol. The number of carboxylic acid groups (broad SMARTS) is 1. The van der Waals surface area contributed by atoms with E-state index in [1.165, 1.54) is 0 Å². The highest BCUT2D eigenvalue weighted by molar-refractivity contribution is 5.92. The van der Waals surface area contributed by atoms with Crippen molar-refractivity contribution in [3.8, 4) is 0 Å². The Kier molecular flexibility index (Phi) is 8.33. The number of rotatable bonds is 11. The van der Waals surface area contributed by atoms with Crippen LogP contribution in [0, 0.1) is 5.92 Å². The lowest BCUT2D eigenvalue weighted by Gasteiger charge is -2.25. The third-order valence-electron chi connectivity index (χ3n) is 6.41. The number of carbonyl (C=O) groups is 2. The molecule has 180 valence electrons. The summed E-state index contributed by atoms with van der Waals surface area (Å²) in [7, 11) is 0. The number of benzene rings is 2. The van der Waals surface area contributed by atoms with Crippen LogP contribution in [0.1, 0.15) is 31.2 Å². The Balaban J connectivity index is 1.42. The zero-order chi connectivity index (χ0) is 23.8. The van der Waals surface area contributed by atoms with E-state index in [0.717, 1.165) is 48.1 Å². The van der Waals surface area contributed by atoms with Gasteiger partial charge in [-0.25, -0.2) is 0 Å². The van der Waals surface area contributed by atoms with Gasteiger partial charge < -0.3 is 25.0 Å². The van der Waals surface area contributed by atoms with Gasteiger partial charge >= 0.3 is 5.97 Å². The molecule has 2 aromatic carbocycles. The Morgan fingerprint density at radius 3 is 2.59 bits per heavy atom. The molecule has 1 unspecified atom stereocenters. The Morgan fingerprint density at radius 1 is 1.09 bits per heavy atom. The summed E-state index contributed by atoms with van der Waals surface area (Å²) in [5, 5.41) is 16.7. The molecule has 0 bridgehead atoms. The number of nitrogens with zero attached hydrogens (tertiary/aromatic N) is 1. The monoisotopic (exact) mass is 463 g/mol. The van der Waals surface area contributed by atoms with Crippen molar-refractivity contribution in [2.75, 3.05) is 25.0 Å². The first kappa shape index (κ1) is 24.0. The van der Waals surface area contributed by atoms with Crippen LogP contribution in [0.5, 0.6) is 0 Å². The Labute approximate surface area is 200 Å². The van der Waals surface area contributed by atoms with Crippen LogP contribution in [0.4, 0.5) is 5.69 Å². The molecule has 4 rings (SSSR count). The molecule has 2 heterocycles. The van der Waals surface area contributed by atoms with Crippen LogP contribution in [0.15, 0.2) is 60.8 Å². The number of carbonyl (C=O) groups excluding carboxylic acids is 1. The van der Waals surface area contributed by atoms with Gasteiger partial charge in [0.2, 0.25) is 5.91 Å². The van der Waals surface area contributed by atoms with Gasteiger partial charge in [-0.3, -0.25) is 9.59 Å². The number of amides is 1. The number of carboxylic acids is 1. The molecule has 1 aromatic heterocycles. The Bertz CT molecular complexity index is 1090. The number of fused-ring (bicyclic) bond motifs is 1. The standard InChI is InChI=1S/C27H33N3O4/c31-26(29-22-6-2-1-3-7-22)18-30-17-21(24-8-4-5-9-25(24)30)10-11-23(16-27(32)33)34-19-20-12-14-28-15-13-20/h1-9,17,20,23,28H,10-16,18-19H2,(H,29,31)(H,32,33). The van der Waals surface area contributed by atoms with E-state index in [-0.39, 0.29) is 25.0 Å². The molecule has 1 aliphatic rings. The van der Waals surface area contributed by atoms with Crippen molar-refractivity contribution in [2.45, 2.75) is 44.8 Å². The summed E-state index contributed by atoms with van der Waals surface area (Å²) in [5.41, 5.74) is 2.86. The van der Waals surface area contributed by atoms with Gasteiger partial charge in [0, 0.05) is 29.4 Å². The van der Waals surface area contributed by atoms with E-state index >= 15 is 0 Å². The molecule has 0 radical (unpaired) electrons. The summed E-state index contributed by atoms with van der Waals surface area (Å²) in [6.07, 6.45) is 5.15. The maximum Gasteiger partial charge on any atom is 0.305 e. The highest BCUT2D eigenvalue weighted by Gasteiger charge is 2.20. The van der Waals surface area contributed by atoms with Gasteiger partial charge in [0.15, 0.2) is 0 Å². The van der Waals surface area contributed by atoms with E-state index in [4.69, 9.17) is 4.74 Å². The molecule has 0 saturated carbocycles. The lowest BCUT2D eigenvalue weighted by atomic mass is 9.99. The summed E-state index contributed by atoms with van der Waals surface area (Å²) in [6.45, 7) is 2.81. The molecule has 1 amide bonds. The molecule has 1 fully saturated rings. The molecule has 7 heteroatoms. The van der Waals surface area contributed by atoms with E-state index in [0.29, 0.717) is 25.4 Å². The molecule has 34 heavy (non-hydrogen) atoms. The number of anilines is 1. The topological polar surface area (TPSA) is 92.6 Å². The molecule has 7 nitrogen and oxygen atoms in total. The van der Waals surface area contributed by atoms with Crippen molar-refractivity contribution in [1.82, 2.24) is 9.88 Å². The lowest BCUT2D eigenvalue weighted by molar-refractivity contribution is -0.140. The van der Waals surface area contributed by atoms with Gasteiger partial charge in [0.05, 0.1) is 12.5 Å². The smallest absolute Gasteiger partial charge is 0.305 e. The van der Waals surface area contributed by atoms with Crippen molar-refractivity contribution < 1.29 is 19.4 Å². The largest absolute Gasteiger partial charge is 0.481 e. The minimum Gasteiger partial charge on any atom is -0.481 e. The number of hydrogen-bond donors (Lipinski definition) is 3. The molecule has 1 atom stereocenters. The molecule has 3 aromatic rings. The van der Waals surface area contributed by atoms with Crippen LogP contribution in [0.25, 0.3) is 10.9 Å². The second-order valence-corrected chi connectivity index (χ2v) is 9.00. The average molecular weight is 464 g/mol. The second kappa shape index (κ2) is 11.8. The van der Waals surface area contributed by atoms with Crippen LogP contribution in [0.3, 0.4) is 0 Å². The minimum absolute atomic E-state index is 0.00307. The van der Waals surface area contributed by atoms with Crippen LogP contribution < -0.4 is 10.6 Å². The summed E-state index contributed by atoms with van der Waals surface area (Å²) in [6, 6.07) is 17.4. The Hall–Kier alpha value is -3.16. The first-order chi connectivity index (χ1) is 16.6. The van der Waals surface area contributed by atoms with Crippen molar-refractivity contribution in [3.63, 3.8) is 0 Å². The average Bonchev–Trinajstić information content (AvgIpc) is 3.19. The molecule has 1 saturated heterocycles. The van der Waals surface area contributed by atoms with E-state index in [2.05, 4.69) is 16.7 Å². The van der Waals surface area contributed by atoms with Crippen molar-refractivity contribution in [3.05, 3.63) is 66.4 Å². The highest BCUT2D eigenvalue weighted by Crippen LogP contribution is 2.24. The summed E-state index contributed by atoms with van der Waals surface area (Å²) < 4.78 is 8.05. The minimum atomic E-state index is -0.838. The number of aryl methyl sites for hydroxylation is 1. The fourth-order valence-electron chi connectivity index (χ4n) is 4.61. The van der Waals surface area contributed by atoms with Gasteiger partial charge in [0.1, 0.15) is 6.54 Å². The number of piperidine rings is 1. The summed E-state index contributed by atoms with van der Waals surface area (Å²) in [5.74, 6) is -0.439. The molecular formula is C27H33N3O4. The van der Waals surface area contributed by atoms with Crippen molar-refractivity contribution >= 4 is 28.5 Å². The van der Waals surface area contributed by atoms with Gasteiger partial charge in [-0.15, -0.1) is 0 Å². The number of nitrogens with one attached hydrogen (secondary N) is 2. The Morgan fingerprint density at radius 2 is 1.82 bits per heavy atom. The predicted molar refractivity (Wildman–Crippen MR) is 133 cm³/mol. The van der Waals surface area contributed by atoms with E-state index in [1.807, 2.05) is 59.3 Å². The molecule has 0 spiro atoms. The van der Waals surface area contributed by atoms with Crippen molar-refractivity contribution in [1.29, 1.82) is 0 Å². The molecule has 0 aliphatic carbocycles. The number of hydrogen-bond acceptors (Lipinski definition) is 4. The van der Waals surface area contributed by atoms with Crippen LogP contribution in [-0.4, -0.2) is 47.4 Å². The second-order valence-electron chi connectivity index (χ2n) is 9.00. The third-order valence-corrected chi connectivity index (χ3v) is 6.41. The van der Waals surface area contributed by atoms with Crippen LogP contribution in [-0.2, 0) is 27.3 Å². The number of ether oxygens (including phenoxy) is 1. The first-order valence-corrected chi connectivity index (χ1v) is 12.0. The maximum atomic E-state index is 12.6. The fourth-order valence-corrected chi connectivity index (χ4v) is 4.61. The summed E-state index contributed by atoms with van der Waals surface area (Å²) in [4.78, 5) is 24.1. The zero-order valence-corrected chi connectivity index (χ0v) is 19.4. The zero-order valence-electron chi connectivity index (χ0n) is 19.4. The van der Waals surface area contributed by atoms with E-state index in [9.17, 15) is 14.7 Å². The fraction of sp³-hybridized carbons (Fsp3) is 0.407. The van der Waals surface area contributed by atoms with Crippen LogP contribution in [0.2, 0.25) is 0 Å². The first-order valence-electron chi connectivity index (χ1n) is 12.0. The van der Waals surface area contributed by atoms with E-state index < -0.39 is 5.97 Å². The van der Waals surface area contributed by atoms with Gasteiger partial charge in [-0.2, -0.15) is 0 Å². The number of para-hydroxylation sites is 2. The number of aromatic nitrogens is 1. The normalized spacial score (nSPS) is 15.3.